The van der Waals surface area contributed by atoms with Crippen LogP contribution in [0.25, 0.3) is 11.3 Å². The van der Waals surface area contributed by atoms with Crippen molar-refractivity contribution >= 4 is 0 Å². The van der Waals surface area contributed by atoms with Gasteiger partial charge < -0.3 is 0 Å². The quantitative estimate of drug-likeness (QED) is 0.716. The van der Waals surface area contributed by atoms with Crippen LogP contribution in [0, 0.1) is 0 Å². The Morgan fingerprint density at radius 2 is 1.94 bits per heavy atom. The summed E-state index contributed by atoms with van der Waals surface area (Å²) in [7, 11) is 0. The summed E-state index contributed by atoms with van der Waals surface area (Å²) in [6.07, 6.45) is 11.9. The van der Waals surface area contributed by atoms with Gasteiger partial charge in [-0.2, -0.15) is 0 Å². The van der Waals surface area contributed by atoms with E-state index in [1.165, 1.54) is 25.6 Å². The third kappa shape index (κ3) is 3.34. The number of aromatic nitrogens is 5. The van der Waals surface area contributed by atoms with Crippen molar-refractivity contribution < 1.29 is 0 Å². The van der Waals surface area contributed by atoms with Gasteiger partial charge in [-0.1, -0.05) is 31.4 Å². The zero-order valence-electron chi connectivity index (χ0n) is 10.1. The zero-order chi connectivity index (χ0) is 11.9. The molecule has 2 aromatic rings. The molecule has 0 atom stereocenters. The van der Waals surface area contributed by atoms with Gasteiger partial charge in [0.25, 0.3) is 0 Å². The first-order valence-electron chi connectivity index (χ1n) is 6.05. The highest BCUT2D eigenvalue weighted by Crippen LogP contribution is 2.12. The molecule has 0 N–H and O–H groups in total. The van der Waals surface area contributed by atoms with E-state index >= 15 is 0 Å². The maximum absolute atomic E-state index is 4.12. The van der Waals surface area contributed by atoms with Crippen molar-refractivity contribution in [1.29, 1.82) is 0 Å². The largest absolute Gasteiger partial charge is 0.252 e. The summed E-state index contributed by atoms with van der Waals surface area (Å²) in [6, 6.07) is 0. The SMILES string of the molecule is CCCCCCn1cc(-c2cncnc2)nn1. The minimum atomic E-state index is 0.834. The van der Waals surface area contributed by atoms with Crippen LogP contribution in [0.15, 0.2) is 24.9 Å². The van der Waals surface area contributed by atoms with Crippen molar-refractivity contribution in [3.8, 4) is 11.3 Å². The molecular weight excluding hydrogens is 214 g/mol. The van der Waals surface area contributed by atoms with E-state index in [-0.39, 0.29) is 0 Å². The monoisotopic (exact) mass is 231 g/mol. The molecule has 2 heterocycles. The van der Waals surface area contributed by atoms with E-state index in [1.54, 1.807) is 12.4 Å². The molecule has 0 bridgehead atoms. The number of rotatable bonds is 6. The molecule has 0 aliphatic carbocycles. The molecule has 0 aromatic carbocycles. The van der Waals surface area contributed by atoms with Crippen molar-refractivity contribution in [2.24, 2.45) is 0 Å². The topological polar surface area (TPSA) is 56.5 Å². The summed E-state index contributed by atoms with van der Waals surface area (Å²) in [4.78, 5) is 7.94. The molecule has 0 aliphatic rings. The molecule has 5 heteroatoms. The minimum Gasteiger partial charge on any atom is -0.252 e. The van der Waals surface area contributed by atoms with Gasteiger partial charge in [-0.25, -0.2) is 9.97 Å². The van der Waals surface area contributed by atoms with E-state index in [1.807, 2.05) is 10.9 Å². The third-order valence-corrected chi connectivity index (χ3v) is 2.64. The lowest BCUT2D eigenvalue weighted by Gasteiger charge is -1.98. The molecule has 0 saturated heterocycles. The van der Waals surface area contributed by atoms with Crippen molar-refractivity contribution in [1.82, 2.24) is 25.0 Å². The van der Waals surface area contributed by atoms with Gasteiger partial charge in [-0.3, -0.25) is 4.68 Å². The predicted molar refractivity (Wildman–Crippen MR) is 65.2 cm³/mol. The van der Waals surface area contributed by atoms with Gasteiger partial charge in [0.15, 0.2) is 0 Å². The maximum atomic E-state index is 4.12. The third-order valence-electron chi connectivity index (χ3n) is 2.64. The van der Waals surface area contributed by atoms with E-state index in [0.29, 0.717) is 0 Å². The van der Waals surface area contributed by atoms with Crippen molar-refractivity contribution in [2.45, 2.75) is 39.2 Å². The van der Waals surface area contributed by atoms with Gasteiger partial charge in [0.1, 0.15) is 12.0 Å². The lowest BCUT2D eigenvalue weighted by Crippen LogP contribution is -1.98. The molecule has 0 amide bonds. The molecule has 0 saturated carbocycles. The van der Waals surface area contributed by atoms with E-state index < -0.39 is 0 Å². The number of nitrogens with zero attached hydrogens (tertiary/aromatic N) is 5. The number of unbranched alkanes of at least 4 members (excludes halogenated alkanes) is 3. The molecule has 90 valence electrons. The lowest BCUT2D eigenvalue weighted by atomic mass is 10.2. The number of hydrogen-bond acceptors (Lipinski definition) is 4. The highest BCUT2D eigenvalue weighted by Gasteiger charge is 2.03. The number of aryl methyl sites for hydroxylation is 1. The van der Waals surface area contributed by atoms with Crippen LogP contribution < -0.4 is 0 Å². The van der Waals surface area contributed by atoms with Crippen LogP contribution in [0.1, 0.15) is 32.6 Å². The van der Waals surface area contributed by atoms with Crippen LogP contribution in [-0.4, -0.2) is 25.0 Å². The number of hydrogen-bond donors (Lipinski definition) is 0. The highest BCUT2D eigenvalue weighted by molar-refractivity contribution is 5.54. The Labute approximate surface area is 101 Å². The maximum Gasteiger partial charge on any atom is 0.116 e. The molecule has 5 nitrogen and oxygen atoms in total. The Bertz CT molecular complexity index is 437. The first-order valence-corrected chi connectivity index (χ1v) is 6.05. The van der Waals surface area contributed by atoms with E-state index in [0.717, 1.165) is 24.2 Å². The smallest absolute Gasteiger partial charge is 0.116 e. The van der Waals surface area contributed by atoms with Crippen LogP contribution >= 0.6 is 0 Å². The van der Waals surface area contributed by atoms with Crippen LogP contribution in [0.5, 0.6) is 0 Å². The molecule has 0 fully saturated rings. The van der Waals surface area contributed by atoms with Crippen LogP contribution in [0.4, 0.5) is 0 Å². The van der Waals surface area contributed by atoms with Gasteiger partial charge in [0, 0.05) is 24.5 Å². The van der Waals surface area contributed by atoms with Crippen LogP contribution in [0.3, 0.4) is 0 Å². The first-order chi connectivity index (χ1) is 8.40. The summed E-state index contributed by atoms with van der Waals surface area (Å²) < 4.78 is 1.89. The van der Waals surface area contributed by atoms with Crippen molar-refractivity contribution in [3.05, 3.63) is 24.9 Å². The van der Waals surface area contributed by atoms with E-state index in [2.05, 4.69) is 27.2 Å². The average Bonchev–Trinajstić information content (AvgIpc) is 2.85. The summed E-state index contributed by atoms with van der Waals surface area (Å²) >= 11 is 0. The Morgan fingerprint density at radius 3 is 2.71 bits per heavy atom. The Kier molecular flexibility index (Phi) is 4.18. The summed E-state index contributed by atoms with van der Waals surface area (Å²) in [5.41, 5.74) is 1.74. The van der Waals surface area contributed by atoms with Gasteiger partial charge in [0.05, 0.1) is 6.20 Å². The van der Waals surface area contributed by atoms with E-state index in [4.69, 9.17) is 0 Å². The lowest BCUT2D eigenvalue weighted by molar-refractivity contribution is 0.527. The normalized spacial score (nSPS) is 10.6. The Morgan fingerprint density at radius 1 is 1.12 bits per heavy atom. The van der Waals surface area contributed by atoms with E-state index in [9.17, 15) is 0 Å². The molecule has 0 unspecified atom stereocenters. The van der Waals surface area contributed by atoms with Crippen molar-refractivity contribution in [2.75, 3.05) is 0 Å². The molecular formula is C12H17N5. The van der Waals surface area contributed by atoms with Crippen LogP contribution in [-0.2, 0) is 6.54 Å². The molecule has 0 radical (unpaired) electrons. The van der Waals surface area contributed by atoms with Crippen molar-refractivity contribution in [3.63, 3.8) is 0 Å². The predicted octanol–water partition coefficient (Wildman–Crippen LogP) is 2.32. The standard InChI is InChI=1S/C12H17N5/c1-2-3-4-5-6-17-9-12(15-16-17)11-7-13-10-14-8-11/h7-10H,2-6H2,1H3. The fraction of sp³-hybridized carbons (Fsp3) is 0.500. The zero-order valence-corrected chi connectivity index (χ0v) is 10.1. The molecule has 17 heavy (non-hydrogen) atoms. The second-order valence-corrected chi connectivity index (χ2v) is 4.05. The summed E-state index contributed by atoms with van der Waals surface area (Å²) in [5, 5.41) is 8.22. The summed E-state index contributed by atoms with van der Waals surface area (Å²) in [6.45, 7) is 3.14. The first kappa shape index (κ1) is 11.7. The Balaban J connectivity index is 1.92. The molecule has 2 rings (SSSR count). The molecule has 0 aliphatic heterocycles. The fourth-order valence-electron chi connectivity index (χ4n) is 1.67. The average molecular weight is 231 g/mol. The van der Waals surface area contributed by atoms with Gasteiger partial charge in [-0.05, 0) is 6.42 Å². The van der Waals surface area contributed by atoms with Gasteiger partial charge in [0.2, 0.25) is 0 Å². The van der Waals surface area contributed by atoms with Gasteiger partial charge >= 0.3 is 0 Å². The highest BCUT2D eigenvalue weighted by atomic mass is 15.4. The minimum absolute atomic E-state index is 0.834. The molecule has 2 aromatic heterocycles. The van der Waals surface area contributed by atoms with Gasteiger partial charge in [-0.15, -0.1) is 5.10 Å². The Hall–Kier alpha value is -1.78. The molecule has 0 spiro atoms. The second-order valence-electron chi connectivity index (χ2n) is 4.05. The summed E-state index contributed by atoms with van der Waals surface area (Å²) in [5.74, 6) is 0. The fourth-order valence-corrected chi connectivity index (χ4v) is 1.67. The second kappa shape index (κ2) is 6.08. The van der Waals surface area contributed by atoms with Crippen LogP contribution in [0.2, 0.25) is 0 Å².